The summed E-state index contributed by atoms with van der Waals surface area (Å²) in [7, 11) is 0. The smallest absolute Gasteiger partial charge is 0.338 e. The average molecular weight is 533 g/mol. The van der Waals surface area contributed by atoms with Gasteiger partial charge in [-0.3, -0.25) is 9.36 Å². The topological polar surface area (TPSA) is 79.1 Å². The molecule has 0 saturated heterocycles. The van der Waals surface area contributed by atoms with Crippen molar-refractivity contribution in [3.05, 3.63) is 75.5 Å². The molecule has 32 heavy (non-hydrogen) atoms. The second-order valence-electron chi connectivity index (χ2n) is 7.06. The van der Waals surface area contributed by atoms with Gasteiger partial charge >= 0.3 is 5.97 Å². The normalized spacial score (nSPS) is 17.3. The third-order valence-electron chi connectivity index (χ3n) is 5.10. The fourth-order valence-corrected chi connectivity index (χ4v) is 6.20. The molecule has 0 amide bonds. The van der Waals surface area contributed by atoms with Crippen LogP contribution >= 0.6 is 38.6 Å². The van der Waals surface area contributed by atoms with Crippen LogP contribution in [0.1, 0.15) is 30.3 Å². The fraction of sp³-hybridized carbons (Fsp3) is 0.227. The van der Waals surface area contributed by atoms with Crippen LogP contribution in [0.2, 0.25) is 0 Å². The van der Waals surface area contributed by atoms with Crippen LogP contribution in [0.4, 0.5) is 0 Å². The van der Waals surface area contributed by atoms with Crippen molar-refractivity contribution in [2.24, 2.45) is 4.99 Å². The van der Waals surface area contributed by atoms with Crippen LogP contribution in [0, 0.1) is 0 Å². The molecule has 0 spiro atoms. The SMILES string of the molecule is CCOC(=O)C1=C(C)N=c2s/c(=C/c3ccc(Br)s3)c(=O)n2[C@@H]1c1ccc2c(c1)OCO2. The summed E-state index contributed by atoms with van der Waals surface area (Å²) in [6.45, 7) is 3.87. The Morgan fingerprint density at radius 2 is 2.09 bits per heavy atom. The summed E-state index contributed by atoms with van der Waals surface area (Å²) in [4.78, 5) is 32.5. The van der Waals surface area contributed by atoms with Gasteiger partial charge in [0.2, 0.25) is 6.79 Å². The first-order chi connectivity index (χ1) is 15.5. The fourth-order valence-electron chi connectivity index (χ4n) is 3.73. The van der Waals surface area contributed by atoms with E-state index in [0.717, 1.165) is 14.2 Å². The Bertz CT molecular complexity index is 1450. The molecule has 0 fully saturated rings. The maximum atomic E-state index is 13.5. The minimum Gasteiger partial charge on any atom is -0.463 e. The lowest BCUT2D eigenvalue weighted by atomic mass is 9.95. The van der Waals surface area contributed by atoms with Gasteiger partial charge in [0, 0.05) is 4.88 Å². The van der Waals surface area contributed by atoms with E-state index in [-0.39, 0.29) is 19.0 Å². The predicted octanol–water partition coefficient (Wildman–Crippen LogP) is 3.35. The zero-order chi connectivity index (χ0) is 22.4. The third kappa shape index (κ3) is 3.62. The number of thiophene rings is 1. The van der Waals surface area contributed by atoms with Gasteiger partial charge in [0.25, 0.3) is 5.56 Å². The lowest BCUT2D eigenvalue weighted by Crippen LogP contribution is -2.39. The van der Waals surface area contributed by atoms with Gasteiger partial charge in [-0.1, -0.05) is 17.4 Å². The number of hydrogen-bond acceptors (Lipinski definition) is 8. The number of fused-ring (bicyclic) bond motifs is 2. The van der Waals surface area contributed by atoms with Crippen LogP contribution < -0.4 is 24.4 Å². The van der Waals surface area contributed by atoms with Gasteiger partial charge in [0.1, 0.15) is 0 Å². The van der Waals surface area contributed by atoms with Crippen molar-refractivity contribution in [2.75, 3.05) is 13.4 Å². The van der Waals surface area contributed by atoms with Crippen molar-refractivity contribution in [1.29, 1.82) is 0 Å². The van der Waals surface area contributed by atoms with Gasteiger partial charge in [-0.2, -0.15) is 0 Å². The number of esters is 1. The first-order valence-electron chi connectivity index (χ1n) is 9.81. The number of benzene rings is 1. The Balaban J connectivity index is 1.73. The number of nitrogens with zero attached hydrogens (tertiary/aromatic N) is 2. The minimum atomic E-state index is -0.683. The number of carbonyl (C=O) groups excluding carboxylic acids is 1. The zero-order valence-electron chi connectivity index (χ0n) is 17.1. The summed E-state index contributed by atoms with van der Waals surface area (Å²) >= 11 is 6.28. The number of carbonyl (C=O) groups is 1. The summed E-state index contributed by atoms with van der Waals surface area (Å²) in [6.07, 6.45) is 1.85. The van der Waals surface area contributed by atoms with Crippen LogP contribution in [-0.4, -0.2) is 23.9 Å². The van der Waals surface area contributed by atoms with Crippen molar-refractivity contribution >= 4 is 50.6 Å². The molecule has 0 aliphatic carbocycles. The molecule has 10 heteroatoms. The van der Waals surface area contributed by atoms with Gasteiger partial charge in [0.15, 0.2) is 16.3 Å². The predicted molar refractivity (Wildman–Crippen MR) is 125 cm³/mol. The van der Waals surface area contributed by atoms with Crippen molar-refractivity contribution in [1.82, 2.24) is 4.57 Å². The molecule has 1 atom stereocenters. The molecular weight excluding hydrogens is 516 g/mol. The van der Waals surface area contributed by atoms with E-state index < -0.39 is 12.0 Å². The average Bonchev–Trinajstić information content (AvgIpc) is 3.46. The Hall–Kier alpha value is -2.69. The molecule has 0 N–H and O–H groups in total. The number of allylic oxidation sites excluding steroid dienone is 1. The highest BCUT2D eigenvalue weighted by molar-refractivity contribution is 9.11. The quantitative estimate of drug-likeness (QED) is 0.481. The van der Waals surface area contributed by atoms with E-state index in [1.54, 1.807) is 30.5 Å². The molecule has 0 saturated carbocycles. The number of rotatable bonds is 4. The van der Waals surface area contributed by atoms with Crippen molar-refractivity contribution in [2.45, 2.75) is 19.9 Å². The Morgan fingerprint density at radius 3 is 2.84 bits per heavy atom. The molecule has 0 unspecified atom stereocenters. The highest BCUT2D eigenvalue weighted by Crippen LogP contribution is 2.38. The maximum Gasteiger partial charge on any atom is 0.338 e. The minimum absolute atomic E-state index is 0.136. The zero-order valence-corrected chi connectivity index (χ0v) is 20.3. The summed E-state index contributed by atoms with van der Waals surface area (Å²) in [5.74, 6) is 0.710. The van der Waals surface area contributed by atoms with Gasteiger partial charge < -0.3 is 14.2 Å². The number of hydrogen-bond donors (Lipinski definition) is 0. The Kier molecular flexibility index (Phi) is 5.52. The third-order valence-corrected chi connectivity index (χ3v) is 7.65. The standard InChI is InChI=1S/C22H17BrN2O5S2/c1-3-28-21(27)18-11(2)24-22-25(19(18)12-4-6-14-15(8-12)30-10-29-14)20(26)16(32-22)9-13-5-7-17(23)31-13/h4-9,19H,3,10H2,1-2H3/b16-9+/t19-/m1/s1. The number of thiazole rings is 1. The van der Waals surface area contributed by atoms with Gasteiger partial charge in [-0.25, -0.2) is 9.79 Å². The van der Waals surface area contributed by atoms with Crippen molar-refractivity contribution in [3.63, 3.8) is 0 Å². The molecule has 2 aliphatic heterocycles. The molecule has 2 aliphatic rings. The number of aromatic nitrogens is 1. The van der Waals surface area contributed by atoms with E-state index in [9.17, 15) is 9.59 Å². The van der Waals surface area contributed by atoms with E-state index in [1.807, 2.05) is 24.3 Å². The molecule has 0 bridgehead atoms. The van der Waals surface area contributed by atoms with Crippen LogP contribution in [0.15, 0.2) is 55.2 Å². The second-order valence-corrected chi connectivity index (χ2v) is 10.6. The molecule has 7 nitrogen and oxygen atoms in total. The molecular formula is C22H17BrN2O5S2. The summed E-state index contributed by atoms with van der Waals surface area (Å²) < 4.78 is 19.4. The summed E-state index contributed by atoms with van der Waals surface area (Å²) in [5.41, 5.74) is 1.37. The number of halogens is 1. The van der Waals surface area contributed by atoms with E-state index in [0.29, 0.717) is 32.1 Å². The van der Waals surface area contributed by atoms with Gasteiger partial charge in [-0.05, 0) is 65.7 Å². The Morgan fingerprint density at radius 1 is 1.28 bits per heavy atom. The highest BCUT2D eigenvalue weighted by Gasteiger charge is 2.34. The molecule has 1 aromatic carbocycles. The first kappa shape index (κ1) is 21.2. The van der Waals surface area contributed by atoms with Crippen molar-refractivity contribution < 1.29 is 19.0 Å². The maximum absolute atomic E-state index is 13.5. The lowest BCUT2D eigenvalue weighted by Gasteiger charge is -2.24. The van der Waals surface area contributed by atoms with E-state index >= 15 is 0 Å². The van der Waals surface area contributed by atoms with Crippen LogP contribution in [0.25, 0.3) is 6.08 Å². The second kappa shape index (κ2) is 8.34. The van der Waals surface area contributed by atoms with Crippen molar-refractivity contribution in [3.8, 4) is 11.5 Å². The Labute approximate surface area is 199 Å². The summed E-state index contributed by atoms with van der Waals surface area (Å²) in [6, 6.07) is 8.62. The largest absolute Gasteiger partial charge is 0.463 e. The molecule has 164 valence electrons. The number of ether oxygens (including phenoxy) is 3. The summed E-state index contributed by atoms with van der Waals surface area (Å²) in [5, 5.41) is 0. The van der Waals surface area contributed by atoms with Crippen LogP contribution in [0.5, 0.6) is 11.5 Å². The molecule has 2 aromatic heterocycles. The van der Waals surface area contributed by atoms with Gasteiger partial charge in [-0.15, -0.1) is 11.3 Å². The molecule has 0 radical (unpaired) electrons. The van der Waals surface area contributed by atoms with E-state index in [2.05, 4.69) is 20.9 Å². The highest BCUT2D eigenvalue weighted by atomic mass is 79.9. The molecule has 4 heterocycles. The lowest BCUT2D eigenvalue weighted by molar-refractivity contribution is -0.139. The van der Waals surface area contributed by atoms with Gasteiger partial charge in [0.05, 0.1) is 32.2 Å². The molecule has 5 rings (SSSR count). The van der Waals surface area contributed by atoms with Crippen LogP contribution in [-0.2, 0) is 9.53 Å². The monoisotopic (exact) mass is 532 g/mol. The molecule has 3 aromatic rings. The van der Waals surface area contributed by atoms with E-state index in [1.165, 1.54) is 22.7 Å². The van der Waals surface area contributed by atoms with Crippen LogP contribution in [0.3, 0.4) is 0 Å². The first-order valence-corrected chi connectivity index (χ1v) is 12.2. The van der Waals surface area contributed by atoms with E-state index in [4.69, 9.17) is 14.2 Å².